The molecule has 2 N–H and O–H groups in total. The van der Waals surface area contributed by atoms with E-state index in [1.54, 1.807) is 6.07 Å². The molecule has 0 spiro atoms. The van der Waals surface area contributed by atoms with Crippen LogP contribution in [0.1, 0.15) is 18.9 Å². The van der Waals surface area contributed by atoms with Crippen LogP contribution < -0.4 is 5.73 Å². The summed E-state index contributed by atoms with van der Waals surface area (Å²) in [4.78, 5) is 0. The summed E-state index contributed by atoms with van der Waals surface area (Å²) in [5, 5.41) is 8.64. The second kappa shape index (κ2) is 5.04. The molecule has 0 aliphatic carbocycles. The van der Waals surface area contributed by atoms with E-state index in [2.05, 4.69) is 0 Å². The Kier molecular flexibility index (Phi) is 3.91. The first-order chi connectivity index (χ1) is 8.36. The molecule has 0 heterocycles. The smallest absolute Gasteiger partial charge is 0.200 e. The van der Waals surface area contributed by atoms with E-state index in [-0.39, 0.29) is 12.0 Å². The quantitative estimate of drug-likeness (QED) is 0.385. The molecule has 0 aliphatic rings. The van der Waals surface area contributed by atoms with Crippen LogP contribution in [0.2, 0.25) is 0 Å². The fourth-order valence-corrected chi connectivity index (χ4v) is 1.32. The molecule has 0 aromatic heterocycles. The Hall–Kier alpha value is -2.10. The maximum absolute atomic E-state index is 13.3. The molecule has 0 saturated carbocycles. The van der Waals surface area contributed by atoms with Crippen molar-refractivity contribution in [1.82, 2.24) is 0 Å². The molecule has 1 aromatic carbocycles. The molecule has 0 amide bonds. The largest absolute Gasteiger partial charge is 0.397 e. The Morgan fingerprint density at radius 2 is 1.39 bits per heavy atom. The normalized spacial score (nSPS) is 12.1. The van der Waals surface area contributed by atoms with Gasteiger partial charge in [0.25, 0.3) is 0 Å². The molecule has 0 fully saturated rings. The Balaban J connectivity index is 3.73. The molecule has 0 saturated heterocycles. The van der Waals surface area contributed by atoms with Crippen LogP contribution in [0.5, 0.6) is 0 Å². The third-order valence-electron chi connectivity index (χ3n) is 2.29. The van der Waals surface area contributed by atoms with Gasteiger partial charge in [0.1, 0.15) is 0 Å². The Morgan fingerprint density at radius 1 is 1.00 bits per heavy atom. The van der Waals surface area contributed by atoms with Crippen molar-refractivity contribution < 1.29 is 22.0 Å². The zero-order valence-electron chi connectivity index (χ0n) is 9.12. The van der Waals surface area contributed by atoms with E-state index in [1.165, 1.54) is 6.92 Å². The lowest BCUT2D eigenvalue weighted by molar-refractivity contribution is 0.376. The molecule has 1 rings (SSSR count). The van der Waals surface area contributed by atoms with Crippen molar-refractivity contribution in [3.63, 3.8) is 0 Å². The lowest BCUT2D eigenvalue weighted by Gasteiger charge is -2.09. The van der Waals surface area contributed by atoms with Gasteiger partial charge in [-0.2, -0.15) is 5.26 Å². The third-order valence-corrected chi connectivity index (χ3v) is 2.29. The van der Waals surface area contributed by atoms with E-state index in [0.717, 1.165) is 0 Å². The minimum absolute atomic E-state index is 0.00181. The second-order valence-corrected chi connectivity index (χ2v) is 3.30. The van der Waals surface area contributed by atoms with Gasteiger partial charge in [0, 0.05) is 0 Å². The SMILES string of the molecule is CCC(C#N)=C(N)c1c(F)c(F)c(F)c(F)c1F. The zero-order valence-corrected chi connectivity index (χ0v) is 9.12. The minimum atomic E-state index is -2.27. The van der Waals surface area contributed by atoms with Crippen LogP contribution in [0, 0.1) is 40.4 Å². The highest BCUT2D eigenvalue weighted by molar-refractivity contribution is 5.70. The number of nitrogens with zero attached hydrogens (tertiary/aromatic N) is 1. The van der Waals surface area contributed by atoms with Crippen molar-refractivity contribution >= 4 is 5.70 Å². The van der Waals surface area contributed by atoms with E-state index >= 15 is 0 Å². The highest BCUT2D eigenvalue weighted by atomic mass is 19.2. The van der Waals surface area contributed by atoms with Gasteiger partial charge in [0.2, 0.25) is 5.82 Å². The molecule has 1 aromatic rings. The van der Waals surface area contributed by atoms with Gasteiger partial charge in [-0.1, -0.05) is 6.92 Å². The van der Waals surface area contributed by atoms with Crippen molar-refractivity contribution in [3.05, 3.63) is 40.2 Å². The van der Waals surface area contributed by atoms with Crippen molar-refractivity contribution in [2.24, 2.45) is 5.73 Å². The number of nitriles is 1. The lowest BCUT2D eigenvalue weighted by atomic mass is 10.0. The molecular weight excluding hydrogens is 255 g/mol. The predicted molar refractivity (Wildman–Crippen MR) is 53.2 cm³/mol. The standard InChI is InChI=1S/C11H7F5N2/c1-2-4(3-17)11(18)5-6(12)8(14)10(16)9(15)7(5)13/h2,18H2,1H3. The monoisotopic (exact) mass is 262 g/mol. The Morgan fingerprint density at radius 3 is 1.72 bits per heavy atom. The average Bonchev–Trinajstić information content (AvgIpc) is 2.36. The van der Waals surface area contributed by atoms with Gasteiger partial charge in [-0.3, -0.25) is 0 Å². The molecular formula is C11H7F5N2. The number of allylic oxidation sites excluding steroid dienone is 1. The van der Waals surface area contributed by atoms with Gasteiger partial charge >= 0.3 is 0 Å². The third kappa shape index (κ3) is 2.01. The number of nitrogens with two attached hydrogens (primary N) is 1. The topological polar surface area (TPSA) is 49.8 Å². The first-order valence-corrected chi connectivity index (χ1v) is 4.77. The predicted octanol–water partition coefficient (Wildman–Crippen LogP) is 2.99. The van der Waals surface area contributed by atoms with Crippen molar-refractivity contribution in [1.29, 1.82) is 5.26 Å². The van der Waals surface area contributed by atoms with Crippen LogP contribution in [0.25, 0.3) is 5.70 Å². The molecule has 0 bridgehead atoms. The molecule has 0 radical (unpaired) electrons. The molecule has 0 aliphatic heterocycles. The second-order valence-electron chi connectivity index (χ2n) is 3.30. The first kappa shape index (κ1) is 14.0. The lowest BCUT2D eigenvalue weighted by Crippen LogP contribution is -2.12. The summed E-state index contributed by atoms with van der Waals surface area (Å²) in [6, 6.07) is 1.54. The summed E-state index contributed by atoms with van der Waals surface area (Å²) in [7, 11) is 0. The van der Waals surface area contributed by atoms with Gasteiger partial charge in [0.05, 0.1) is 22.9 Å². The summed E-state index contributed by atoms with van der Waals surface area (Å²) in [5.74, 6) is -10.6. The summed E-state index contributed by atoms with van der Waals surface area (Å²) in [6.07, 6.45) is 0.00181. The van der Waals surface area contributed by atoms with E-state index in [1.807, 2.05) is 0 Å². The van der Waals surface area contributed by atoms with E-state index < -0.39 is 40.3 Å². The van der Waals surface area contributed by atoms with Crippen LogP contribution in [0.3, 0.4) is 0 Å². The van der Waals surface area contributed by atoms with Gasteiger partial charge in [-0.05, 0) is 6.42 Å². The number of hydrogen-bond acceptors (Lipinski definition) is 2. The highest BCUT2D eigenvalue weighted by Gasteiger charge is 2.27. The maximum Gasteiger partial charge on any atom is 0.200 e. The van der Waals surface area contributed by atoms with Crippen molar-refractivity contribution in [3.8, 4) is 6.07 Å². The molecule has 96 valence electrons. The van der Waals surface area contributed by atoms with Crippen LogP contribution in [-0.2, 0) is 0 Å². The average molecular weight is 262 g/mol. The molecule has 0 atom stereocenters. The number of halogens is 5. The molecule has 7 heteroatoms. The van der Waals surface area contributed by atoms with Crippen LogP contribution in [0.4, 0.5) is 22.0 Å². The Bertz CT molecular complexity index is 543. The zero-order chi connectivity index (χ0) is 14.0. The van der Waals surface area contributed by atoms with E-state index in [9.17, 15) is 22.0 Å². The van der Waals surface area contributed by atoms with Crippen molar-refractivity contribution in [2.45, 2.75) is 13.3 Å². The molecule has 18 heavy (non-hydrogen) atoms. The van der Waals surface area contributed by atoms with Crippen molar-refractivity contribution in [2.75, 3.05) is 0 Å². The fourth-order valence-electron chi connectivity index (χ4n) is 1.32. The van der Waals surface area contributed by atoms with Gasteiger partial charge < -0.3 is 5.73 Å². The van der Waals surface area contributed by atoms with Crippen LogP contribution in [0.15, 0.2) is 5.57 Å². The fraction of sp³-hybridized carbons (Fsp3) is 0.182. The number of benzene rings is 1. The van der Waals surface area contributed by atoms with Crippen LogP contribution >= 0.6 is 0 Å². The Labute approximate surface area is 99.1 Å². The van der Waals surface area contributed by atoms with E-state index in [0.29, 0.717) is 0 Å². The van der Waals surface area contributed by atoms with Gasteiger partial charge in [0.15, 0.2) is 23.3 Å². The first-order valence-electron chi connectivity index (χ1n) is 4.77. The van der Waals surface area contributed by atoms with E-state index in [4.69, 9.17) is 11.0 Å². The van der Waals surface area contributed by atoms with Gasteiger partial charge in [-0.15, -0.1) is 0 Å². The highest BCUT2D eigenvalue weighted by Crippen LogP contribution is 2.28. The molecule has 2 nitrogen and oxygen atoms in total. The summed E-state index contributed by atoms with van der Waals surface area (Å²) in [5.41, 5.74) is 2.98. The van der Waals surface area contributed by atoms with Gasteiger partial charge in [-0.25, -0.2) is 22.0 Å². The number of rotatable bonds is 2. The molecule has 0 unspecified atom stereocenters. The summed E-state index contributed by atoms with van der Waals surface area (Å²) in [6.45, 7) is 1.46. The maximum atomic E-state index is 13.3. The van der Waals surface area contributed by atoms with Crippen LogP contribution in [-0.4, -0.2) is 0 Å². The number of hydrogen-bond donors (Lipinski definition) is 1. The summed E-state index contributed by atoms with van der Waals surface area (Å²) >= 11 is 0. The minimum Gasteiger partial charge on any atom is -0.397 e. The summed E-state index contributed by atoms with van der Waals surface area (Å²) < 4.78 is 65.3.